The van der Waals surface area contributed by atoms with E-state index in [1.165, 1.54) is 18.2 Å². The molecule has 0 bridgehead atoms. The average molecular weight is 414 g/mol. The fourth-order valence-electron chi connectivity index (χ4n) is 3.37. The second-order valence-electron chi connectivity index (χ2n) is 6.84. The molecule has 1 aromatic carbocycles. The molecule has 28 heavy (non-hydrogen) atoms. The van der Waals surface area contributed by atoms with Gasteiger partial charge in [0.25, 0.3) is 0 Å². The predicted molar refractivity (Wildman–Crippen MR) is 97.4 cm³/mol. The van der Waals surface area contributed by atoms with Crippen molar-refractivity contribution in [2.24, 2.45) is 0 Å². The predicted octanol–water partition coefficient (Wildman–Crippen LogP) is 5.04. The topological polar surface area (TPSA) is 68.0 Å². The van der Waals surface area contributed by atoms with E-state index in [0.717, 1.165) is 31.4 Å². The van der Waals surface area contributed by atoms with Crippen molar-refractivity contribution < 1.29 is 22.5 Å². The largest absolute Gasteiger partial charge is 0.417 e. The molecule has 1 heterocycles. The van der Waals surface area contributed by atoms with Gasteiger partial charge in [-0.15, -0.1) is 0 Å². The van der Waals surface area contributed by atoms with Crippen LogP contribution in [0.5, 0.6) is 0 Å². The number of rotatable bonds is 4. The van der Waals surface area contributed by atoms with Crippen molar-refractivity contribution in [2.45, 2.75) is 50.7 Å². The van der Waals surface area contributed by atoms with Gasteiger partial charge in [-0.05, 0) is 36.6 Å². The van der Waals surface area contributed by atoms with Crippen LogP contribution in [0, 0.1) is 6.92 Å². The molecule has 1 aliphatic carbocycles. The Morgan fingerprint density at radius 3 is 2.61 bits per heavy atom. The first-order chi connectivity index (χ1) is 13.2. The highest BCUT2D eigenvalue weighted by Crippen LogP contribution is 2.36. The van der Waals surface area contributed by atoms with Crippen LogP contribution < -0.4 is 5.32 Å². The number of amides is 1. The van der Waals surface area contributed by atoms with Gasteiger partial charge < -0.3 is 9.84 Å². The maximum atomic E-state index is 13.0. The molecule has 150 valence electrons. The molecule has 0 radical (unpaired) electrons. The van der Waals surface area contributed by atoms with Crippen molar-refractivity contribution in [1.82, 2.24) is 15.5 Å². The molecule has 2 aromatic rings. The smallest absolute Gasteiger partial charge is 0.340 e. The zero-order valence-corrected chi connectivity index (χ0v) is 15.9. The molecule has 1 amide bonds. The summed E-state index contributed by atoms with van der Waals surface area (Å²) in [6, 6.07) is 3.48. The van der Waals surface area contributed by atoms with Crippen LogP contribution >= 0.6 is 11.6 Å². The Kier molecular flexibility index (Phi) is 5.79. The summed E-state index contributed by atoms with van der Waals surface area (Å²) in [4.78, 5) is 16.8. The lowest BCUT2D eigenvalue weighted by atomic mass is 9.81. The summed E-state index contributed by atoms with van der Waals surface area (Å²) in [6.07, 6.45) is 2.16. The van der Waals surface area contributed by atoms with E-state index >= 15 is 0 Å². The lowest BCUT2D eigenvalue weighted by Gasteiger charge is -2.34. The Labute approximate surface area is 165 Å². The molecule has 3 rings (SSSR count). The molecule has 0 unspecified atom stereocenters. The zero-order chi connectivity index (χ0) is 20.4. The van der Waals surface area contributed by atoms with Gasteiger partial charge in [-0.1, -0.05) is 42.1 Å². The van der Waals surface area contributed by atoms with Crippen LogP contribution in [0.1, 0.15) is 54.9 Å². The maximum absolute atomic E-state index is 13.0. The molecule has 1 aromatic heterocycles. The van der Waals surface area contributed by atoms with Crippen molar-refractivity contribution in [3.63, 3.8) is 0 Å². The summed E-state index contributed by atoms with van der Waals surface area (Å²) in [5.41, 5.74) is -1.45. The van der Waals surface area contributed by atoms with E-state index in [-0.39, 0.29) is 10.6 Å². The van der Waals surface area contributed by atoms with Crippen LogP contribution in [-0.4, -0.2) is 16.0 Å². The van der Waals surface area contributed by atoms with Crippen molar-refractivity contribution >= 4 is 23.6 Å². The van der Waals surface area contributed by atoms with Crippen LogP contribution in [-0.2, 0) is 16.5 Å². The molecule has 1 aliphatic rings. The third-order valence-corrected chi connectivity index (χ3v) is 5.08. The summed E-state index contributed by atoms with van der Waals surface area (Å²) in [7, 11) is 0. The molecule has 1 N–H and O–H groups in total. The number of hydrogen-bond donors (Lipinski definition) is 1. The first-order valence-electron chi connectivity index (χ1n) is 8.87. The number of benzene rings is 1. The van der Waals surface area contributed by atoms with Gasteiger partial charge in [0.2, 0.25) is 11.8 Å². The Morgan fingerprint density at radius 1 is 1.29 bits per heavy atom. The molecule has 1 fully saturated rings. The maximum Gasteiger partial charge on any atom is 0.417 e. The fraction of sp³-hybridized carbons (Fsp3) is 0.421. The number of aromatic nitrogens is 2. The van der Waals surface area contributed by atoms with E-state index in [4.69, 9.17) is 16.1 Å². The summed E-state index contributed by atoms with van der Waals surface area (Å²) < 4.78 is 44.0. The number of halogens is 4. The molecule has 5 nitrogen and oxygen atoms in total. The van der Waals surface area contributed by atoms with Gasteiger partial charge in [0.1, 0.15) is 5.54 Å². The van der Waals surface area contributed by atoms with Crippen molar-refractivity contribution in [3.05, 3.63) is 52.1 Å². The number of carbonyl (C=O) groups is 1. The molecule has 1 saturated carbocycles. The summed E-state index contributed by atoms with van der Waals surface area (Å²) in [5, 5.41) is 6.51. The van der Waals surface area contributed by atoms with Gasteiger partial charge in [-0.25, -0.2) is 0 Å². The second-order valence-corrected chi connectivity index (χ2v) is 7.25. The molecular weight excluding hydrogens is 395 g/mol. The van der Waals surface area contributed by atoms with Crippen LogP contribution in [0.25, 0.3) is 6.08 Å². The third-order valence-electron chi connectivity index (χ3n) is 4.75. The average Bonchev–Trinajstić information content (AvgIpc) is 3.08. The van der Waals surface area contributed by atoms with E-state index in [2.05, 4.69) is 15.5 Å². The van der Waals surface area contributed by atoms with Crippen LogP contribution in [0.3, 0.4) is 0 Å². The summed E-state index contributed by atoms with van der Waals surface area (Å²) in [6.45, 7) is 1.67. The van der Waals surface area contributed by atoms with Crippen LogP contribution in [0.2, 0.25) is 5.02 Å². The number of hydrogen-bond acceptors (Lipinski definition) is 4. The van der Waals surface area contributed by atoms with Crippen molar-refractivity contribution in [1.29, 1.82) is 0 Å². The standard InChI is InChI=1S/C19H19ClF3N3O2/c1-12-24-17(26-28-12)18(9-3-2-4-10-18)25-16(27)8-6-13-5-7-15(20)14(11-13)19(21,22)23/h5-8,11H,2-4,9-10H2,1H3,(H,25,27)/b8-6+. The minimum atomic E-state index is -4.56. The van der Waals surface area contributed by atoms with Crippen molar-refractivity contribution in [3.8, 4) is 0 Å². The van der Waals surface area contributed by atoms with Gasteiger partial charge in [0, 0.05) is 13.0 Å². The fourth-order valence-corrected chi connectivity index (χ4v) is 3.59. The normalized spacial score (nSPS) is 17.0. The molecule has 0 spiro atoms. The minimum Gasteiger partial charge on any atom is -0.340 e. The number of aryl methyl sites for hydroxylation is 1. The highest BCUT2D eigenvalue weighted by Gasteiger charge is 2.39. The highest BCUT2D eigenvalue weighted by atomic mass is 35.5. The highest BCUT2D eigenvalue weighted by molar-refractivity contribution is 6.31. The molecule has 9 heteroatoms. The molecule has 0 saturated heterocycles. The molecule has 0 atom stereocenters. The Hall–Kier alpha value is -2.35. The second kappa shape index (κ2) is 7.95. The van der Waals surface area contributed by atoms with Crippen molar-refractivity contribution in [2.75, 3.05) is 0 Å². The van der Waals surface area contributed by atoms with Gasteiger partial charge in [0.15, 0.2) is 5.82 Å². The number of nitrogens with one attached hydrogen (secondary N) is 1. The lowest BCUT2D eigenvalue weighted by Crippen LogP contribution is -2.47. The molecule has 0 aliphatic heterocycles. The quantitative estimate of drug-likeness (QED) is 0.713. The zero-order valence-electron chi connectivity index (χ0n) is 15.1. The first-order valence-corrected chi connectivity index (χ1v) is 9.25. The number of nitrogens with zero attached hydrogens (tertiary/aromatic N) is 2. The van der Waals surface area contributed by atoms with Gasteiger partial charge in [0.05, 0.1) is 10.6 Å². The van der Waals surface area contributed by atoms with E-state index in [9.17, 15) is 18.0 Å². The summed E-state index contributed by atoms with van der Waals surface area (Å²) >= 11 is 5.61. The Balaban J connectivity index is 1.78. The van der Waals surface area contributed by atoms with Crippen LogP contribution in [0.15, 0.2) is 28.8 Å². The minimum absolute atomic E-state index is 0.222. The Morgan fingerprint density at radius 2 is 2.00 bits per heavy atom. The Bertz CT molecular complexity index is 887. The monoisotopic (exact) mass is 413 g/mol. The summed E-state index contributed by atoms with van der Waals surface area (Å²) in [5.74, 6) is 0.399. The first kappa shape index (κ1) is 20.4. The van der Waals surface area contributed by atoms with Gasteiger partial charge in [-0.3, -0.25) is 4.79 Å². The van der Waals surface area contributed by atoms with E-state index in [0.29, 0.717) is 24.6 Å². The number of carbonyl (C=O) groups excluding carboxylic acids is 1. The molecular formula is C19H19ClF3N3O2. The van der Waals surface area contributed by atoms with E-state index < -0.39 is 23.2 Å². The lowest BCUT2D eigenvalue weighted by molar-refractivity contribution is -0.137. The SMILES string of the molecule is Cc1nc(C2(NC(=O)/C=C/c3ccc(Cl)c(C(F)(F)F)c3)CCCCC2)no1. The third kappa shape index (κ3) is 4.55. The number of alkyl halides is 3. The van der Waals surface area contributed by atoms with Crippen LogP contribution in [0.4, 0.5) is 13.2 Å². The van der Waals surface area contributed by atoms with Gasteiger partial charge in [-0.2, -0.15) is 18.2 Å². The van der Waals surface area contributed by atoms with E-state index in [1.54, 1.807) is 6.92 Å². The van der Waals surface area contributed by atoms with E-state index in [1.807, 2.05) is 0 Å². The van der Waals surface area contributed by atoms with Gasteiger partial charge >= 0.3 is 6.18 Å².